The molecular formula is C26H29N5O2S. The highest BCUT2D eigenvalue weighted by molar-refractivity contribution is 7.07. The summed E-state index contributed by atoms with van der Waals surface area (Å²) < 4.78 is 5.32. The maximum Gasteiger partial charge on any atom is 0.240 e. The minimum absolute atomic E-state index is 0.129. The molecule has 0 radical (unpaired) electrons. The maximum atomic E-state index is 14.2. The molecule has 8 heteroatoms. The van der Waals surface area contributed by atoms with Crippen molar-refractivity contribution in [1.82, 2.24) is 14.9 Å². The third-order valence-corrected chi connectivity index (χ3v) is 8.00. The van der Waals surface area contributed by atoms with E-state index in [1.54, 1.807) is 18.4 Å². The average Bonchev–Trinajstić information content (AvgIpc) is 3.38. The lowest BCUT2D eigenvalue weighted by Gasteiger charge is -2.40. The summed E-state index contributed by atoms with van der Waals surface area (Å²) in [6, 6.07) is 9.89. The van der Waals surface area contributed by atoms with Crippen LogP contribution in [0, 0.1) is 5.92 Å². The molecule has 1 saturated carbocycles. The first-order chi connectivity index (χ1) is 16.6. The van der Waals surface area contributed by atoms with Gasteiger partial charge >= 0.3 is 0 Å². The third-order valence-electron chi connectivity index (χ3n) is 7.27. The molecule has 1 atom stereocenters. The fraction of sp³-hybridized carbons (Fsp3) is 0.423. The van der Waals surface area contributed by atoms with Crippen LogP contribution in [0.15, 0.2) is 47.3 Å². The summed E-state index contributed by atoms with van der Waals surface area (Å²) in [4.78, 5) is 28.1. The second-order valence-corrected chi connectivity index (χ2v) is 10.4. The molecule has 3 aromatic rings. The maximum absolute atomic E-state index is 14.2. The Morgan fingerprint density at radius 1 is 1.24 bits per heavy atom. The topological polar surface area (TPSA) is 70.6 Å². The van der Waals surface area contributed by atoms with Crippen molar-refractivity contribution < 1.29 is 9.53 Å². The van der Waals surface area contributed by atoms with E-state index in [1.807, 2.05) is 35.4 Å². The molecule has 1 aromatic carbocycles. The van der Waals surface area contributed by atoms with Gasteiger partial charge in [-0.2, -0.15) is 11.3 Å². The van der Waals surface area contributed by atoms with Crippen molar-refractivity contribution in [3.05, 3.63) is 64.1 Å². The normalized spacial score (nSPS) is 22.3. The summed E-state index contributed by atoms with van der Waals surface area (Å²) in [6.07, 6.45) is 5.22. The summed E-state index contributed by atoms with van der Waals surface area (Å²) in [6.45, 7) is 3.78. The summed E-state index contributed by atoms with van der Waals surface area (Å²) in [5, 5.41) is 7.71. The molecule has 2 fully saturated rings. The molecule has 1 aliphatic carbocycles. The highest BCUT2D eigenvalue weighted by Gasteiger charge is 2.53. The zero-order chi connectivity index (χ0) is 23.1. The van der Waals surface area contributed by atoms with E-state index in [0.717, 1.165) is 54.7 Å². The van der Waals surface area contributed by atoms with Gasteiger partial charge in [-0.3, -0.25) is 9.69 Å². The predicted octanol–water partition coefficient (Wildman–Crippen LogP) is 4.06. The van der Waals surface area contributed by atoms with Gasteiger partial charge < -0.3 is 15.0 Å². The van der Waals surface area contributed by atoms with Crippen LogP contribution >= 0.6 is 11.3 Å². The molecule has 1 amide bonds. The smallest absolute Gasteiger partial charge is 0.240 e. The van der Waals surface area contributed by atoms with E-state index < -0.39 is 5.41 Å². The summed E-state index contributed by atoms with van der Waals surface area (Å²) in [5.41, 5.74) is 3.45. The average molecular weight is 476 g/mol. The van der Waals surface area contributed by atoms with E-state index in [9.17, 15) is 4.79 Å². The van der Waals surface area contributed by atoms with Crippen LogP contribution in [0.4, 0.5) is 11.6 Å². The molecule has 1 spiro atoms. The number of benzene rings is 1. The Labute approximate surface area is 203 Å². The molecule has 1 saturated heterocycles. The van der Waals surface area contributed by atoms with Crippen molar-refractivity contribution in [2.24, 2.45) is 5.92 Å². The van der Waals surface area contributed by atoms with Crippen LogP contribution in [-0.4, -0.2) is 47.5 Å². The van der Waals surface area contributed by atoms with Gasteiger partial charge in [0.05, 0.1) is 19.3 Å². The minimum Gasteiger partial charge on any atom is -0.497 e. The van der Waals surface area contributed by atoms with E-state index in [1.165, 1.54) is 18.4 Å². The van der Waals surface area contributed by atoms with E-state index in [-0.39, 0.29) is 5.91 Å². The summed E-state index contributed by atoms with van der Waals surface area (Å²) >= 11 is 1.71. The van der Waals surface area contributed by atoms with Crippen LogP contribution in [0.25, 0.3) is 0 Å². The second kappa shape index (κ2) is 8.67. The number of ether oxygens (including phenoxy) is 1. The lowest BCUT2D eigenvalue weighted by atomic mass is 9.77. The molecule has 34 heavy (non-hydrogen) atoms. The zero-order valence-electron chi connectivity index (χ0n) is 19.4. The number of carbonyl (C=O) groups excluding carboxylic acids is 1. The lowest BCUT2D eigenvalue weighted by molar-refractivity contribution is -0.124. The van der Waals surface area contributed by atoms with Crippen molar-refractivity contribution in [3.63, 3.8) is 0 Å². The summed E-state index contributed by atoms with van der Waals surface area (Å²) in [5.74, 6) is 2.28. The van der Waals surface area contributed by atoms with Gasteiger partial charge in [0.25, 0.3) is 0 Å². The van der Waals surface area contributed by atoms with Crippen LogP contribution in [0.3, 0.4) is 0 Å². The van der Waals surface area contributed by atoms with Crippen LogP contribution in [0.5, 0.6) is 5.75 Å². The Bertz CT molecular complexity index is 1180. The fourth-order valence-electron chi connectivity index (χ4n) is 5.18. The number of amides is 1. The first kappa shape index (κ1) is 21.6. The van der Waals surface area contributed by atoms with Crippen LogP contribution in [0.1, 0.15) is 36.1 Å². The monoisotopic (exact) mass is 475 g/mol. The fourth-order valence-corrected chi connectivity index (χ4v) is 5.84. The van der Waals surface area contributed by atoms with Gasteiger partial charge in [0.1, 0.15) is 11.2 Å². The SMILES string of the molecule is COc1ccc(N2Cc3cnc(NCC4CC4)nc3C3(CCN(Cc4ccsc4)C3)C2=O)cc1. The molecule has 7 nitrogen and oxygen atoms in total. The lowest BCUT2D eigenvalue weighted by Crippen LogP contribution is -2.53. The van der Waals surface area contributed by atoms with Gasteiger partial charge in [0.2, 0.25) is 11.9 Å². The van der Waals surface area contributed by atoms with Crippen molar-refractivity contribution in [2.45, 2.75) is 37.8 Å². The van der Waals surface area contributed by atoms with Gasteiger partial charge in [0, 0.05) is 43.6 Å². The number of carbonyl (C=O) groups is 1. The van der Waals surface area contributed by atoms with Crippen molar-refractivity contribution in [3.8, 4) is 5.75 Å². The zero-order valence-corrected chi connectivity index (χ0v) is 20.2. The summed E-state index contributed by atoms with van der Waals surface area (Å²) in [7, 11) is 1.65. The Morgan fingerprint density at radius 2 is 2.09 bits per heavy atom. The molecule has 2 aliphatic heterocycles. The van der Waals surface area contributed by atoms with Gasteiger partial charge in [-0.05, 0) is 71.8 Å². The molecular weight excluding hydrogens is 446 g/mol. The van der Waals surface area contributed by atoms with Gasteiger partial charge in [-0.25, -0.2) is 9.97 Å². The number of anilines is 2. The Kier molecular flexibility index (Phi) is 5.50. The van der Waals surface area contributed by atoms with Crippen LogP contribution in [0.2, 0.25) is 0 Å². The van der Waals surface area contributed by atoms with E-state index in [0.29, 0.717) is 19.0 Å². The first-order valence-electron chi connectivity index (χ1n) is 11.9. The van der Waals surface area contributed by atoms with Crippen LogP contribution in [-0.2, 0) is 23.3 Å². The largest absolute Gasteiger partial charge is 0.497 e. The van der Waals surface area contributed by atoms with Gasteiger partial charge in [0.15, 0.2) is 0 Å². The number of thiophene rings is 1. The van der Waals surface area contributed by atoms with Crippen LogP contribution < -0.4 is 15.0 Å². The standard InChI is InChI=1S/C26H29N5O2S/c1-33-22-6-4-21(5-7-22)31-15-20-13-28-25(27-12-18-2-3-18)29-23(20)26(24(31)32)9-10-30(17-26)14-19-8-11-34-16-19/h4-8,11,13,16,18H,2-3,9-10,12,14-15,17H2,1H3,(H,27,28,29). The molecule has 0 bridgehead atoms. The molecule has 4 heterocycles. The second-order valence-electron chi connectivity index (χ2n) is 9.66. The molecule has 176 valence electrons. The Hall–Kier alpha value is -2.97. The number of nitrogens with zero attached hydrogens (tertiary/aromatic N) is 4. The van der Waals surface area contributed by atoms with E-state index in [4.69, 9.17) is 9.72 Å². The van der Waals surface area contributed by atoms with Crippen molar-refractivity contribution in [1.29, 1.82) is 0 Å². The minimum atomic E-state index is -0.664. The molecule has 3 aliphatic rings. The van der Waals surface area contributed by atoms with Gasteiger partial charge in [-0.15, -0.1) is 0 Å². The molecule has 2 aromatic heterocycles. The number of fused-ring (bicyclic) bond motifs is 2. The number of likely N-dealkylation sites (tertiary alicyclic amines) is 1. The van der Waals surface area contributed by atoms with E-state index in [2.05, 4.69) is 32.0 Å². The Morgan fingerprint density at radius 3 is 2.82 bits per heavy atom. The molecule has 1 unspecified atom stereocenters. The first-order valence-corrected chi connectivity index (χ1v) is 12.9. The number of hydrogen-bond donors (Lipinski definition) is 1. The highest BCUT2D eigenvalue weighted by Crippen LogP contribution is 2.43. The predicted molar refractivity (Wildman–Crippen MR) is 133 cm³/mol. The van der Waals surface area contributed by atoms with E-state index >= 15 is 0 Å². The number of methoxy groups -OCH3 is 1. The number of rotatable bonds is 7. The van der Waals surface area contributed by atoms with Crippen molar-refractivity contribution >= 4 is 28.9 Å². The third kappa shape index (κ3) is 3.95. The highest BCUT2D eigenvalue weighted by atomic mass is 32.1. The number of hydrogen-bond acceptors (Lipinski definition) is 7. The van der Waals surface area contributed by atoms with Crippen molar-refractivity contribution in [2.75, 3.05) is 37.0 Å². The van der Waals surface area contributed by atoms with Gasteiger partial charge in [-0.1, -0.05) is 0 Å². The quantitative estimate of drug-likeness (QED) is 0.556. The molecule has 1 N–H and O–H groups in total. The number of aromatic nitrogens is 2. The number of nitrogens with one attached hydrogen (secondary N) is 1. The Balaban J connectivity index is 1.35. The molecule has 6 rings (SSSR count).